The topological polar surface area (TPSA) is 23.8 Å². The van der Waals surface area contributed by atoms with Gasteiger partial charge in [-0.2, -0.15) is 5.26 Å². The fraction of sp³-hybridized carbons (Fsp3) is 0.435. The zero-order chi connectivity index (χ0) is 19.1. The average molecular weight is 369 g/mol. The van der Waals surface area contributed by atoms with Crippen LogP contribution < -0.4 is 0 Å². The van der Waals surface area contributed by atoms with Gasteiger partial charge < -0.3 is 0 Å². The third kappa shape index (κ3) is 3.14. The number of halogens is 3. The number of rotatable bonds is 2. The van der Waals surface area contributed by atoms with E-state index in [0.29, 0.717) is 11.8 Å². The van der Waals surface area contributed by atoms with Crippen LogP contribution in [0.25, 0.3) is 11.1 Å². The molecule has 0 spiro atoms. The van der Waals surface area contributed by atoms with Crippen LogP contribution in [0.3, 0.4) is 0 Å². The molecule has 0 aromatic heterocycles. The van der Waals surface area contributed by atoms with E-state index >= 15 is 0 Å². The Bertz CT molecular complexity index is 905. The second kappa shape index (κ2) is 7.03. The van der Waals surface area contributed by atoms with Crippen molar-refractivity contribution in [2.75, 3.05) is 0 Å². The van der Waals surface area contributed by atoms with Crippen LogP contribution in [-0.2, 0) is 6.42 Å². The number of aryl methyl sites for hydroxylation is 1. The first-order valence-electron chi connectivity index (χ1n) is 9.73. The molecule has 3 unspecified atom stereocenters. The summed E-state index contributed by atoms with van der Waals surface area (Å²) >= 11 is 0. The lowest BCUT2D eigenvalue weighted by Crippen LogP contribution is -2.28. The van der Waals surface area contributed by atoms with Crippen molar-refractivity contribution in [1.29, 1.82) is 5.26 Å². The van der Waals surface area contributed by atoms with Gasteiger partial charge in [0.1, 0.15) is 29.1 Å². The lowest BCUT2D eigenvalue weighted by Gasteiger charge is -2.40. The molecule has 0 saturated heterocycles. The number of benzene rings is 2. The Morgan fingerprint density at radius 1 is 1.00 bits per heavy atom. The molecule has 4 heteroatoms. The summed E-state index contributed by atoms with van der Waals surface area (Å²) in [7, 11) is 0. The van der Waals surface area contributed by atoms with Crippen LogP contribution in [0.4, 0.5) is 13.2 Å². The van der Waals surface area contributed by atoms with Crippen molar-refractivity contribution < 1.29 is 13.2 Å². The van der Waals surface area contributed by atoms with Crippen LogP contribution in [0.15, 0.2) is 24.3 Å². The SMILES string of the molecule is CCC1CCC2c3cc(F)c(-c4cc(F)c(C#N)c(F)c4)cc3CCC2C1. The van der Waals surface area contributed by atoms with Gasteiger partial charge in [-0.3, -0.25) is 0 Å². The van der Waals surface area contributed by atoms with Gasteiger partial charge in [0.05, 0.1) is 0 Å². The molecule has 0 bridgehead atoms. The minimum atomic E-state index is -0.956. The number of nitrogens with zero attached hydrogens (tertiary/aromatic N) is 1. The maximum Gasteiger partial charge on any atom is 0.144 e. The molecular formula is C23H22F3N. The Labute approximate surface area is 157 Å². The summed E-state index contributed by atoms with van der Waals surface area (Å²) in [6, 6.07) is 6.94. The summed E-state index contributed by atoms with van der Waals surface area (Å²) in [6.07, 6.45) is 6.67. The van der Waals surface area contributed by atoms with E-state index in [0.717, 1.165) is 48.4 Å². The number of hydrogen-bond acceptors (Lipinski definition) is 1. The molecule has 3 atom stereocenters. The van der Waals surface area contributed by atoms with E-state index in [9.17, 15) is 13.2 Å². The van der Waals surface area contributed by atoms with Gasteiger partial charge in [0, 0.05) is 5.56 Å². The van der Waals surface area contributed by atoms with Crippen molar-refractivity contribution in [3.8, 4) is 17.2 Å². The van der Waals surface area contributed by atoms with Crippen LogP contribution >= 0.6 is 0 Å². The summed E-state index contributed by atoms with van der Waals surface area (Å²) in [5.41, 5.74) is 1.88. The van der Waals surface area contributed by atoms with Gasteiger partial charge in [-0.1, -0.05) is 13.3 Å². The van der Waals surface area contributed by atoms with Gasteiger partial charge in [-0.25, -0.2) is 13.2 Å². The van der Waals surface area contributed by atoms with Crippen LogP contribution in [0.1, 0.15) is 61.6 Å². The molecule has 0 N–H and O–H groups in total. The van der Waals surface area contributed by atoms with E-state index in [1.807, 2.05) is 0 Å². The third-order valence-electron chi connectivity index (χ3n) is 6.55. The molecule has 27 heavy (non-hydrogen) atoms. The summed E-state index contributed by atoms with van der Waals surface area (Å²) in [6.45, 7) is 2.24. The fourth-order valence-electron chi connectivity index (χ4n) is 5.05. The first-order chi connectivity index (χ1) is 13.0. The summed E-state index contributed by atoms with van der Waals surface area (Å²) in [5, 5.41) is 8.82. The zero-order valence-electron chi connectivity index (χ0n) is 15.4. The molecule has 2 aromatic carbocycles. The van der Waals surface area contributed by atoms with E-state index in [1.165, 1.54) is 25.3 Å². The largest absolute Gasteiger partial charge is 0.206 e. The van der Waals surface area contributed by atoms with E-state index in [4.69, 9.17) is 5.26 Å². The summed E-state index contributed by atoms with van der Waals surface area (Å²) < 4.78 is 42.8. The van der Waals surface area contributed by atoms with Gasteiger partial charge in [0.25, 0.3) is 0 Å². The molecule has 1 fully saturated rings. The maximum absolute atomic E-state index is 14.9. The van der Waals surface area contributed by atoms with Crippen LogP contribution in [0.2, 0.25) is 0 Å². The highest BCUT2D eigenvalue weighted by atomic mass is 19.1. The van der Waals surface area contributed by atoms with E-state index in [2.05, 4.69) is 6.92 Å². The molecule has 4 rings (SSSR count). The van der Waals surface area contributed by atoms with Gasteiger partial charge in [0.2, 0.25) is 0 Å². The molecule has 0 radical (unpaired) electrons. The summed E-state index contributed by atoms with van der Waals surface area (Å²) in [5.74, 6) is -0.567. The van der Waals surface area contributed by atoms with Gasteiger partial charge >= 0.3 is 0 Å². The van der Waals surface area contributed by atoms with E-state index < -0.39 is 23.0 Å². The van der Waals surface area contributed by atoms with Crippen LogP contribution in [0, 0.1) is 40.6 Å². The predicted octanol–water partition coefficient (Wildman–Crippen LogP) is 6.50. The van der Waals surface area contributed by atoms with Crippen molar-refractivity contribution in [2.24, 2.45) is 11.8 Å². The standard InChI is InChI=1S/C23H22F3N/c1-2-13-3-6-17-14(7-13)4-5-15-8-19(23(26)11-18(15)17)16-9-21(24)20(12-27)22(25)10-16/h8-11,13-14,17H,2-7H2,1H3. The van der Waals surface area contributed by atoms with Crippen LogP contribution in [0.5, 0.6) is 0 Å². The zero-order valence-corrected chi connectivity index (χ0v) is 15.4. The molecule has 2 aliphatic rings. The summed E-state index contributed by atoms with van der Waals surface area (Å²) in [4.78, 5) is 0. The highest BCUT2D eigenvalue weighted by Gasteiger charge is 2.35. The molecule has 0 amide bonds. The van der Waals surface area contributed by atoms with Gasteiger partial charge in [0.15, 0.2) is 0 Å². The monoisotopic (exact) mass is 369 g/mol. The smallest absolute Gasteiger partial charge is 0.144 e. The van der Waals surface area contributed by atoms with Crippen molar-refractivity contribution in [3.05, 3.63) is 58.4 Å². The van der Waals surface area contributed by atoms with E-state index in [-0.39, 0.29) is 11.1 Å². The Hall–Kier alpha value is -2.28. The molecular weight excluding hydrogens is 347 g/mol. The Morgan fingerprint density at radius 2 is 1.74 bits per heavy atom. The number of hydrogen-bond donors (Lipinski definition) is 0. The Morgan fingerprint density at radius 3 is 2.41 bits per heavy atom. The highest BCUT2D eigenvalue weighted by Crippen LogP contribution is 2.48. The maximum atomic E-state index is 14.9. The minimum Gasteiger partial charge on any atom is -0.206 e. The quantitative estimate of drug-likeness (QED) is 0.593. The Kier molecular flexibility index (Phi) is 4.72. The van der Waals surface area contributed by atoms with Crippen LogP contribution in [-0.4, -0.2) is 0 Å². The predicted molar refractivity (Wildman–Crippen MR) is 98.7 cm³/mol. The highest BCUT2D eigenvalue weighted by molar-refractivity contribution is 5.67. The fourth-order valence-corrected chi connectivity index (χ4v) is 5.05. The molecule has 2 aromatic rings. The second-order valence-corrected chi connectivity index (χ2v) is 7.95. The molecule has 2 aliphatic carbocycles. The molecule has 1 saturated carbocycles. The van der Waals surface area contributed by atoms with Crippen molar-refractivity contribution in [1.82, 2.24) is 0 Å². The molecule has 0 heterocycles. The van der Waals surface area contributed by atoms with Gasteiger partial charge in [-0.15, -0.1) is 0 Å². The first kappa shape index (κ1) is 18.1. The van der Waals surface area contributed by atoms with Crippen molar-refractivity contribution >= 4 is 0 Å². The normalized spacial score (nSPS) is 24.0. The number of fused-ring (bicyclic) bond motifs is 3. The lowest BCUT2D eigenvalue weighted by atomic mass is 9.64. The second-order valence-electron chi connectivity index (χ2n) is 7.95. The van der Waals surface area contributed by atoms with E-state index in [1.54, 1.807) is 12.1 Å². The minimum absolute atomic E-state index is 0.140. The third-order valence-corrected chi connectivity index (χ3v) is 6.55. The molecule has 1 nitrogen and oxygen atoms in total. The van der Waals surface area contributed by atoms with Crippen molar-refractivity contribution in [3.63, 3.8) is 0 Å². The lowest BCUT2D eigenvalue weighted by molar-refractivity contribution is 0.206. The molecule has 140 valence electrons. The number of nitriles is 1. The Balaban J connectivity index is 1.73. The van der Waals surface area contributed by atoms with Crippen molar-refractivity contribution in [2.45, 2.75) is 51.4 Å². The van der Waals surface area contributed by atoms with Gasteiger partial charge in [-0.05, 0) is 90.8 Å². The molecule has 0 aliphatic heterocycles. The average Bonchev–Trinajstić information content (AvgIpc) is 2.66. The first-order valence-corrected chi connectivity index (χ1v) is 9.73.